The molecule has 118 valence electrons. The molecule has 1 saturated carbocycles. The van der Waals surface area contributed by atoms with Gasteiger partial charge in [0.1, 0.15) is 0 Å². The maximum Gasteiger partial charge on any atom is 0.234 e. The lowest BCUT2D eigenvalue weighted by molar-refractivity contribution is -0.139. The van der Waals surface area contributed by atoms with Crippen LogP contribution in [0.25, 0.3) is 0 Å². The minimum Gasteiger partial charge on any atom is -0.367 e. The van der Waals surface area contributed by atoms with Crippen molar-refractivity contribution in [2.75, 3.05) is 12.0 Å². The van der Waals surface area contributed by atoms with Gasteiger partial charge in [-0.15, -0.1) is 0 Å². The third-order valence-corrected chi connectivity index (χ3v) is 5.30. The summed E-state index contributed by atoms with van der Waals surface area (Å²) >= 11 is 6.09. The first-order valence-electron chi connectivity index (χ1n) is 7.82. The molecule has 1 aromatic rings. The van der Waals surface area contributed by atoms with E-state index in [-0.39, 0.29) is 30.3 Å². The van der Waals surface area contributed by atoms with Crippen LogP contribution in [-0.2, 0) is 9.59 Å². The van der Waals surface area contributed by atoms with E-state index in [2.05, 4.69) is 12.2 Å². The molecule has 1 saturated heterocycles. The van der Waals surface area contributed by atoms with Crippen molar-refractivity contribution in [1.29, 1.82) is 0 Å². The molecule has 3 atom stereocenters. The van der Waals surface area contributed by atoms with Gasteiger partial charge < -0.3 is 5.32 Å². The molecule has 2 fully saturated rings. The van der Waals surface area contributed by atoms with E-state index in [4.69, 9.17) is 11.6 Å². The lowest BCUT2D eigenvalue weighted by atomic mass is 9.76. The van der Waals surface area contributed by atoms with Crippen molar-refractivity contribution in [2.24, 2.45) is 17.8 Å². The van der Waals surface area contributed by atoms with Crippen LogP contribution in [0.2, 0.25) is 5.02 Å². The molecule has 22 heavy (non-hydrogen) atoms. The molecule has 1 aromatic carbocycles. The topological polar surface area (TPSA) is 49.4 Å². The maximum absolute atomic E-state index is 12.5. The van der Waals surface area contributed by atoms with Crippen LogP contribution in [0.4, 0.5) is 5.69 Å². The largest absolute Gasteiger partial charge is 0.367 e. The van der Waals surface area contributed by atoms with Crippen LogP contribution in [0.3, 0.4) is 0 Å². The third kappa shape index (κ3) is 2.72. The number of hydrogen-bond acceptors (Lipinski definition) is 3. The number of carbonyl (C=O) groups is 2. The Morgan fingerprint density at radius 3 is 2.68 bits per heavy atom. The molecule has 0 aromatic heterocycles. The van der Waals surface area contributed by atoms with Gasteiger partial charge in [0.25, 0.3) is 0 Å². The molecule has 0 spiro atoms. The highest BCUT2D eigenvalue weighted by Gasteiger charge is 2.49. The molecule has 4 nitrogen and oxygen atoms in total. The summed E-state index contributed by atoms with van der Waals surface area (Å²) in [5.74, 6) is 0.272. The van der Waals surface area contributed by atoms with Gasteiger partial charge in [-0.3, -0.25) is 14.5 Å². The number of amides is 2. The van der Waals surface area contributed by atoms with E-state index in [9.17, 15) is 9.59 Å². The average molecular weight is 321 g/mol. The second-order valence-electron chi connectivity index (χ2n) is 6.53. The van der Waals surface area contributed by atoms with Crippen LogP contribution in [0.15, 0.2) is 18.2 Å². The molecule has 1 N–H and O–H groups in total. The minimum atomic E-state index is -0.111. The zero-order valence-corrected chi connectivity index (χ0v) is 13.7. The molecule has 2 amide bonds. The molecule has 0 radical (unpaired) electrons. The number of aryl methyl sites for hydroxylation is 1. The van der Waals surface area contributed by atoms with Crippen molar-refractivity contribution in [3.63, 3.8) is 0 Å². The summed E-state index contributed by atoms with van der Waals surface area (Å²) in [6.07, 6.45) is 2.71. The fourth-order valence-corrected chi connectivity index (χ4v) is 3.67. The Morgan fingerprint density at radius 2 is 1.95 bits per heavy atom. The predicted molar refractivity (Wildman–Crippen MR) is 86.5 cm³/mol. The SMILES string of the molecule is Cc1ccc(NCN2C(=O)[C@@H]3CC[C@@H](C)C[C@H]3C2=O)cc1Cl. The van der Waals surface area contributed by atoms with E-state index in [0.29, 0.717) is 10.9 Å². The van der Waals surface area contributed by atoms with Crippen molar-refractivity contribution < 1.29 is 9.59 Å². The Kier molecular flexibility index (Phi) is 4.13. The zero-order chi connectivity index (χ0) is 15.9. The molecule has 5 heteroatoms. The van der Waals surface area contributed by atoms with Gasteiger partial charge in [-0.2, -0.15) is 0 Å². The van der Waals surface area contributed by atoms with Crippen LogP contribution in [-0.4, -0.2) is 23.4 Å². The standard InChI is InChI=1S/C17H21ClN2O2/c1-10-3-6-13-14(7-10)17(22)20(16(13)21)9-19-12-5-4-11(2)15(18)8-12/h4-5,8,10,13-14,19H,3,6-7,9H2,1-2H3/t10-,13-,14-/m1/s1. The van der Waals surface area contributed by atoms with Gasteiger partial charge in [0.15, 0.2) is 0 Å². The summed E-state index contributed by atoms with van der Waals surface area (Å²) in [7, 11) is 0. The summed E-state index contributed by atoms with van der Waals surface area (Å²) in [6.45, 7) is 4.31. The lowest BCUT2D eigenvalue weighted by Gasteiger charge is -2.25. The number of carbonyl (C=O) groups excluding carboxylic acids is 2. The van der Waals surface area contributed by atoms with Crippen molar-refractivity contribution in [1.82, 2.24) is 4.90 Å². The second kappa shape index (κ2) is 5.92. The number of hydrogen-bond donors (Lipinski definition) is 1. The quantitative estimate of drug-likeness (QED) is 0.868. The van der Waals surface area contributed by atoms with E-state index in [1.165, 1.54) is 4.90 Å². The Balaban J connectivity index is 1.68. The fourth-order valence-electron chi connectivity index (χ4n) is 3.49. The number of nitrogens with zero attached hydrogens (tertiary/aromatic N) is 1. The molecule has 1 aliphatic heterocycles. The number of halogens is 1. The van der Waals surface area contributed by atoms with Crippen LogP contribution in [0.5, 0.6) is 0 Å². The minimum absolute atomic E-state index is 0.0207. The van der Waals surface area contributed by atoms with Crippen molar-refractivity contribution >= 4 is 29.1 Å². The molecular weight excluding hydrogens is 300 g/mol. The number of rotatable bonds is 3. The van der Waals surface area contributed by atoms with Gasteiger partial charge in [0, 0.05) is 10.7 Å². The van der Waals surface area contributed by atoms with E-state index in [1.54, 1.807) is 0 Å². The number of anilines is 1. The number of nitrogens with one attached hydrogen (secondary N) is 1. The molecule has 1 heterocycles. The number of fused-ring (bicyclic) bond motifs is 1. The van der Waals surface area contributed by atoms with E-state index in [1.807, 2.05) is 25.1 Å². The summed E-state index contributed by atoms with van der Waals surface area (Å²) < 4.78 is 0. The van der Waals surface area contributed by atoms with Gasteiger partial charge in [0.05, 0.1) is 18.5 Å². The molecule has 0 unspecified atom stereocenters. The van der Waals surface area contributed by atoms with Gasteiger partial charge >= 0.3 is 0 Å². The average Bonchev–Trinajstić information content (AvgIpc) is 2.72. The van der Waals surface area contributed by atoms with Crippen molar-refractivity contribution in [3.05, 3.63) is 28.8 Å². The van der Waals surface area contributed by atoms with Gasteiger partial charge in [-0.1, -0.05) is 24.6 Å². The first kappa shape index (κ1) is 15.3. The maximum atomic E-state index is 12.5. The van der Waals surface area contributed by atoms with E-state index in [0.717, 1.165) is 30.5 Å². The monoisotopic (exact) mass is 320 g/mol. The Labute approximate surface area is 135 Å². The highest BCUT2D eigenvalue weighted by atomic mass is 35.5. The molecular formula is C17H21ClN2O2. The summed E-state index contributed by atoms with van der Waals surface area (Å²) in [5, 5.41) is 3.81. The first-order valence-corrected chi connectivity index (χ1v) is 8.20. The summed E-state index contributed by atoms with van der Waals surface area (Å²) in [5.41, 5.74) is 1.82. The fraction of sp³-hybridized carbons (Fsp3) is 0.529. The third-order valence-electron chi connectivity index (χ3n) is 4.89. The Hall–Kier alpha value is -1.55. The van der Waals surface area contributed by atoms with Gasteiger partial charge in [0.2, 0.25) is 11.8 Å². The Morgan fingerprint density at radius 1 is 1.23 bits per heavy atom. The van der Waals surface area contributed by atoms with Gasteiger partial charge in [-0.05, 0) is 49.8 Å². The van der Waals surface area contributed by atoms with E-state index < -0.39 is 0 Å². The van der Waals surface area contributed by atoms with Crippen molar-refractivity contribution in [3.8, 4) is 0 Å². The first-order chi connectivity index (χ1) is 10.5. The number of likely N-dealkylation sites (tertiary alicyclic amines) is 1. The van der Waals surface area contributed by atoms with Crippen LogP contribution in [0.1, 0.15) is 31.7 Å². The van der Waals surface area contributed by atoms with Crippen LogP contribution in [0, 0.1) is 24.7 Å². The smallest absolute Gasteiger partial charge is 0.234 e. The van der Waals surface area contributed by atoms with Crippen LogP contribution < -0.4 is 5.32 Å². The molecule has 3 rings (SSSR count). The predicted octanol–water partition coefficient (Wildman–Crippen LogP) is 3.44. The Bertz CT molecular complexity index is 617. The normalized spacial score (nSPS) is 28.0. The lowest BCUT2D eigenvalue weighted by Crippen LogP contribution is -2.35. The number of imide groups is 1. The number of benzene rings is 1. The summed E-state index contributed by atoms with van der Waals surface area (Å²) in [6, 6.07) is 5.64. The van der Waals surface area contributed by atoms with Crippen LogP contribution >= 0.6 is 11.6 Å². The van der Waals surface area contributed by atoms with Gasteiger partial charge in [-0.25, -0.2) is 0 Å². The highest BCUT2D eigenvalue weighted by Crippen LogP contribution is 2.40. The molecule has 1 aliphatic carbocycles. The second-order valence-corrected chi connectivity index (χ2v) is 6.94. The van der Waals surface area contributed by atoms with Crippen molar-refractivity contribution in [2.45, 2.75) is 33.1 Å². The molecule has 0 bridgehead atoms. The highest BCUT2D eigenvalue weighted by molar-refractivity contribution is 6.31. The zero-order valence-electron chi connectivity index (χ0n) is 12.9. The molecule has 2 aliphatic rings. The summed E-state index contributed by atoms with van der Waals surface area (Å²) in [4.78, 5) is 26.3. The van der Waals surface area contributed by atoms with E-state index >= 15 is 0 Å².